The molecule has 0 unspecified atom stereocenters. The Kier molecular flexibility index (Phi) is 4.07. The molecule has 1 saturated heterocycles. The predicted octanol–water partition coefficient (Wildman–Crippen LogP) is 1.08. The Hall–Kier alpha value is -1.18. The molecule has 6 nitrogen and oxygen atoms in total. The van der Waals surface area contributed by atoms with Crippen molar-refractivity contribution in [3.8, 4) is 0 Å². The van der Waals surface area contributed by atoms with Crippen molar-refractivity contribution >= 4 is 23.2 Å². The van der Waals surface area contributed by atoms with Gasteiger partial charge in [0.1, 0.15) is 0 Å². The smallest absolute Gasteiger partial charge is 0.226 e. The monoisotopic (exact) mass is 288 g/mol. The van der Waals surface area contributed by atoms with Gasteiger partial charge in [0, 0.05) is 25.2 Å². The molecule has 1 aliphatic rings. The lowest BCUT2D eigenvalue weighted by Crippen LogP contribution is -2.56. The zero-order chi connectivity index (χ0) is 14.2. The molecule has 8 heteroatoms. The molecule has 0 aromatic carbocycles. The highest BCUT2D eigenvalue weighted by atomic mass is 35.5. The van der Waals surface area contributed by atoms with E-state index in [1.807, 2.05) is 11.8 Å². The molecule has 0 amide bonds. The van der Waals surface area contributed by atoms with Crippen LogP contribution in [0.3, 0.4) is 0 Å². The van der Waals surface area contributed by atoms with Gasteiger partial charge in [0.2, 0.25) is 11.1 Å². The Morgan fingerprint density at radius 3 is 2.63 bits per heavy atom. The first-order valence-corrected chi connectivity index (χ1v) is 6.50. The van der Waals surface area contributed by atoms with Crippen LogP contribution in [-0.4, -0.2) is 47.1 Å². The van der Waals surface area contributed by atoms with E-state index in [0.29, 0.717) is 6.54 Å². The fourth-order valence-electron chi connectivity index (χ4n) is 2.29. The summed E-state index contributed by atoms with van der Waals surface area (Å²) in [5.41, 5.74) is 2.20. The zero-order valence-electron chi connectivity index (χ0n) is 11.2. The highest BCUT2D eigenvalue weighted by molar-refractivity contribution is 6.28. The lowest BCUT2D eigenvalue weighted by Gasteiger charge is -2.44. The summed E-state index contributed by atoms with van der Waals surface area (Å²) >= 11 is 5.81. The second-order valence-corrected chi connectivity index (χ2v) is 5.12. The predicted molar refractivity (Wildman–Crippen MR) is 73.7 cm³/mol. The van der Waals surface area contributed by atoms with Crippen LogP contribution in [-0.2, 0) is 0 Å². The lowest BCUT2D eigenvalue weighted by atomic mass is 10.1. The molecule has 1 aromatic heterocycles. The van der Waals surface area contributed by atoms with Crippen molar-refractivity contribution in [2.24, 2.45) is 5.84 Å². The van der Waals surface area contributed by atoms with E-state index in [2.05, 4.69) is 34.3 Å². The Labute approximate surface area is 116 Å². The number of rotatable bonds is 2. The summed E-state index contributed by atoms with van der Waals surface area (Å²) in [6.07, 6.45) is 0. The molecule has 0 bridgehead atoms. The van der Waals surface area contributed by atoms with Crippen LogP contribution in [0.2, 0.25) is 5.28 Å². The largest absolute Gasteiger partial charge is 0.348 e. The molecule has 1 fully saturated rings. The molecule has 3 N–H and O–H groups in total. The fourth-order valence-corrected chi connectivity index (χ4v) is 2.46. The molecular weight excluding hydrogens is 271 g/mol. The minimum absolute atomic E-state index is 0.0249. The Morgan fingerprint density at radius 1 is 1.32 bits per heavy atom. The maximum atomic E-state index is 14.3. The van der Waals surface area contributed by atoms with Gasteiger partial charge in [-0.15, -0.1) is 0 Å². The molecule has 19 heavy (non-hydrogen) atoms. The van der Waals surface area contributed by atoms with Crippen LogP contribution < -0.4 is 16.2 Å². The van der Waals surface area contributed by atoms with Gasteiger partial charge in [-0.3, -0.25) is 4.90 Å². The molecule has 1 aliphatic heterocycles. The first kappa shape index (κ1) is 14.2. The van der Waals surface area contributed by atoms with E-state index in [9.17, 15) is 4.39 Å². The summed E-state index contributed by atoms with van der Waals surface area (Å²) in [4.78, 5) is 11.8. The number of hydrazine groups is 1. The second-order valence-electron chi connectivity index (χ2n) is 4.78. The highest BCUT2D eigenvalue weighted by Crippen LogP contribution is 2.28. The van der Waals surface area contributed by atoms with E-state index in [-0.39, 0.29) is 29.0 Å². The van der Waals surface area contributed by atoms with Crippen LogP contribution in [0.15, 0.2) is 0 Å². The average molecular weight is 289 g/mol. The highest BCUT2D eigenvalue weighted by Gasteiger charge is 2.32. The van der Waals surface area contributed by atoms with Gasteiger partial charge in [-0.1, -0.05) is 0 Å². The Morgan fingerprint density at radius 2 is 2.00 bits per heavy atom. The average Bonchev–Trinajstić information content (AvgIpc) is 2.39. The normalized spacial score (nSPS) is 24.6. The van der Waals surface area contributed by atoms with E-state index in [4.69, 9.17) is 17.4 Å². The lowest BCUT2D eigenvalue weighted by molar-refractivity contribution is 0.194. The Balaban J connectivity index is 2.39. The van der Waals surface area contributed by atoms with Crippen molar-refractivity contribution in [1.29, 1.82) is 0 Å². The molecule has 0 aliphatic carbocycles. The summed E-state index contributed by atoms with van der Waals surface area (Å²) in [5.74, 6) is 4.77. The van der Waals surface area contributed by atoms with Gasteiger partial charge >= 0.3 is 0 Å². The molecule has 0 spiro atoms. The summed E-state index contributed by atoms with van der Waals surface area (Å²) in [6.45, 7) is 5.64. The van der Waals surface area contributed by atoms with Crippen LogP contribution >= 0.6 is 11.6 Å². The van der Waals surface area contributed by atoms with Crippen molar-refractivity contribution in [3.05, 3.63) is 11.1 Å². The summed E-state index contributed by atoms with van der Waals surface area (Å²) in [5, 5.41) is -0.0249. The van der Waals surface area contributed by atoms with Crippen molar-refractivity contribution in [1.82, 2.24) is 14.9 Å². The van der Waals surface area contributed by atoms with Crippen LogP contribution in [0.1, 0.15) is 13.8 Å². The molecule has 106 valence electrons. The van der Waals surface area contributed by atoms with Gasteiger partial charge in [-0.25, -0.2) is 5.84 Å². The standard InChI is InChI=1S/C11H18ClFN6/c1-6-7(2)19(5-4-18(6)3)10-8(13)9(17-14)15-11(12)16-10/h6-7H,4-5,14H2,1-3H3,(H,15,16,17)/t6-,7+/m0/s1. The van der Waals surface area contributed by atoms with E-state index in [0.717, 1.165) is 6.54 Å². The summed E-state index contributed by atoms with van der Waals surface area (Å²) in [6, 6.07) is 0.404. The molecule has 0 saturated carbocycles. The van der Waals surface area contributed by atoms with E-state index >= 15 is 0 Å². The van der Waals surface area contributed by atoms with Gasteiger partial charge in [-0.05, 0) is 32.5 Å². The first-order valence-electron chi connectivity index (χ1n) is 6.12. The van der Waals surface area contributed by atoms with Gasteiger partial charge in [-0.2, -0.15) is 14.4 Å². The number of hydrogen-bond acceptors (Lipinski definition) is 6. The third-order valence-corrected chi connectivity index (χ3v) is 3.96. The number of piperazine rings is 1. The summed E-state index contributed by atoms with van der Waals surface area (Å²) < 4.78 is 14.3. The molecule has 2 atom stereocenters. The van der Waals surface area contributed by atoms with Crippen molar-refractivity contribution in [2.75, 3.05) is 30.5 Å². The molecule has 2 heterocycles. The minimum Gasteiger partial charge on any atom is -0.348 e. The minimum atomic E-state index is -0.574. The van der Waals surface area contributed by atoms with Gasteiger partial charge in [0.25, 0.3) is 0 Å². The van der Waals surface area contributed by atoms with Crippen molar-refractivity contribution in [3.63, 3.8) is 0 Å². The number of anilines is 2. The molecule has 1 aromatic rings. The SMILES string of the molecule is C[C@@H]1[C@H](C)N(C)CCN1c1nc(Cl)nc(NN)c1F. The maximum absolute atomic E-state index is 14.3. The quantitative estimate of drug-likeness (QED) is 0.482. The van der Waals surface area contributed by atoms with Gasteiger partial charge < -0.3 is 10.3 Å². The van der Waals surface area contributed by atoms with Crippen molar-refractivity contribution < 1.29 is 4.39 Å². The first-order chi connectivity index (χ1) is 8.95. The number of halogens is 2. The van der Waals surface area contributed by atoms with Crippen molar-refractivity contribution in [2.45, 2.75) is 25.9 Å². The maximum Gasteiger partial charge on any atom is 0.226 e. The van der Waals surface area contributed by atoms with Crippen LogP contribution in [0.25, 0.3) is 0 Å². The number of aromatic nitrogens is 2. The Bertz CT molecular complexity index is 471. The van der Waals surface area contributed by atoms with Gasteiger partial charge in [0.05, 0.1) is 0 Å². The van der Waals surface area contributed by atoms with Crippen LogP contribution in [0.4, 0.5) is 16.0 Å². The van der Waals surface area contributed by atoms with E-state index in [1.165, 1.54) is 0 Å². The second kappa shape index (κ2) is 5.44. The number of nitrogens with one attached hydrogen (secondary N) is 1. The van der Waals surface area contributed by atoms with Crippen LogP contribution in [0, 0.1) is 5.82 Å². The summed E-state index contributed by atoms with van der Waals surface area (Å²) in [7, 11) is 2.05. The third kappa shape index (κ3) is 2.58. The topological polar surface area (TPSA) is 70.3 Å². The number of likely N-dealkylation sites (N-methyl/N-ethyl adjacent to an activating group) is 1. The zero-order valence-corrected chi connectivity index (χ0v) is 11.9. The molecular formula is C11H18ClFN6. The fraction of sp³-hybridized carbons (Fsp3) is 0.636. The number of nitrogen functional groups attached to an aromatic ring is 1. The molecule has 2 rings (SSSR count). The number of hydrogen-bond donors (Lipinski definition) is 2. The van der Waals surface area contributed by atoms with Crippen LogP contribution in [0.5, 0.6) is 0 Å². The number of nitrogens with zero attached hydrogens (tertiary/aromatic N) is 4. The number of nitrogens with two attached hydrogens (primary N) is 1. The third-order valence-electron chi connectivity index (χ3n) is 3.79. The van der Waals surface area contributed by atoms with E-state index in [1.54, 1.807) is 0 Å². The van der Waals surface area contributed by atoms with Gasteiger partial charge in [0.15, 0.2) is 11.6 Å². The molecule has 0 radical (unpaired) electrons. The van der Waals surface area contributed by atoms with E-state index < -0.39 is 5.82 Å².